The van der Waals surface area contributed by atoms with E-state index in [4.69, 9.17) is 9.47 Å². The molecule has 0 unspecified atom stereocenters. The summed E-state index contributed by atoms with van der Waals surface area (Å²) in [5, 5.41) is 0. The van der Waals surface area contributed by atoms with Gasteiger partial charge in [0.05, 0.1) is 7.11 Å². The van der Waals surface area contributed by atoms with E-state index in [1.807, 2.05) is 30.3 Å². The van der Waals surface area contributed by atoms with E-state index >= 15 is 0 Å². The summed E-state index contributed by atoms with van der Waals surface area (Å²) >= 11 is 3.52. The third-order valence-electron chi connectivity index (χ3n) is 2.98. The summed E-state index contributed by atoms with van der Waals surface area (Å²) in [6.07, 6.45) is 1.04. The summed E-state index contributed by atoms with van der Waals surface area (Å²) in [5.74, 6) is 1.72. The van der Waals surface area contributed by atoms with Gasteiger partial charge in [-0.15, -0.1) is 0 Å². The topological polar surface area (TPSA) is 18.5 Å². The maximum absolute atomic E-state index is 5.79. The maximum atomic E-state index is 5.79. The van der Waals surface area contributed by atoms with E-state index in [1.54, 1.807) is 7.11 Å². The van der Waals surface area contributed by atoms with E-state index in [0.29, 0.717) is 6.61 Å². The molecule has 0 spiro atoms. The second-order valence-corrected chi connectivity index (χ2v) is 5.10. The van der Waals surface area contributed by atoms with E-state index < -0.39 is 0 Å². The summed E-state index contributed by atoms with van der Waals surface area (Å²) in [6, 6.07) is 14.1. The average Bonchev–Trinajstić information content (AvgIpc) is 2.47. The molecule has 0 bridgehead atoms. The molecule has 2 aromatic carbocycles. The van der Waals surface area contributed by atoms with E-state index in [9.17, 15) is 0 Å². The Bertz CT molecular complexity index is 535. The van der Waals surface area contributed by atoms with E-state index in [0.717, 1.165) is 28.0 Å². The van der Waals surface area contributed by atoms with Gasteiger partial charge in [-0.25, -0.2) is 0 Å². The van der Waals surface area contributed by atoms with Crippen molar-refractivity contribution in [1.82, 2.24) is 0 Å². The molecule has 0 amide bonds. The Balaban J connectivity index is 2.05. The largest absolute Gasteiger partial charge is 0.497 e. The molecule has 0 heterocycles. The number of aryl methyl sites for hydroxylation is 1. The lowest BCUT2D eigenvalue weighted by molar-refractivity contribution is 0.304. The quantitative estimate of drug-likeness (QED) is 0.801. The molecular weight excluding hydrogens is 304 g/mol. The summed E-state index contributed by atoms with van der Waals surface area (Å²) in [7, 11) is 1.66. The van der Waals surface area contributed by atoms with Gasteiger partial charge < -0.3 is 9.47 Å². The number of benzene rings is 2. The zero-order valence-corrected chi connectivity index (χ0v) is 12.7. The van der Waals surface area contributed by atoms with Crippen LogP contribution in [0, 0.1) is 0 Å². The third kappa shape index (κ3) is 3.74. The smallest absolute Gasteiger partial charge is 0.119 e. The minimum Gasteiger partial charge on any atom is -0.497 e. The van der Waals surface area contributed by atoms with Crippen molar-refractivity contribution in [2.75, 3.05) is 7.11 Å². The Hall–Kier alpha value is -1.48. The van der Waals surface area contributed by atoms with Gasteiger partial charge in [-0.1, -0.05) is 35.0 Å². The predicted molar refractivity (Wildman–Crippen MR) is 80.8 cm³/mol. The Labute approximate surface area is 122 Å². The first kappa shape index (κ1) is 13.9. The van der Waals surface area contributed by atoms with E-state index in [2.05, 4.69) is 35.0 Å². The number of rotatable bonds is 5. The molecule has 0 radical (unpaired) electrons. The minimum absolute atomic E-state index is 0.517. The van der Waals surface area contributed by atoms with Crippen LogP contribution in [0.5, 0.6) is 11.5 Å². The summed E-state index contributed by atoms with van der Waals surface area (Å²) in [6.45, 7) is 2.66. The highest BCUT2D eigenvalue weighted by Crippen LogP contribution is 2.24. The van der Waals surface area contributed by atoms with E-state index in [1.165, 1.54) is 5.56 Å². The van der Waals surface area contributed by atoms with Crippen molar-refractivity contribution < 1.29 is 9.47 Å². The van der Waals surface area contributed by atoms with Crippen LogP contribution in [0.25, 0.3) is 0 Å². The lowest BCUT2D eigenvalue weighted by Gasteiger charge is -2.10. The molecule has 0 aromatic heterocycles. The Morgan fingerprint density at radius 1 is 1.00 bits per heavy atom. The highest BCUT2D eigenvalue weighted by Gasteiger charge is 2.03. The van der Waals surface area contributed by atoms with Gasteiger partial charge in [0.25, 0.3) is 0 Å². The van der Waals surface area contributed by atoms with Crippen LogP contribution in [0.1, 0.15) is 18.1 Å². The molecular formula is C16H17BrO2. The van der Waals surface area contributed by atoms with Crippen LogP contribution in [0.4, 0.5) is 0 Å². The third-order valence-corrected chi connectivity index (χ3v) is 3.75. The molecule has 2 rings (SSSR count). The fourth-order valence-corrected chi connectivity index (χ4v) is 2.13. The summed E-state index contributed by atoms with van der Waals surface area (Å²) < 4.78 is 12.0. The lowest BCUT2D eigenvalue weighted by Crippen LogP contribution is -1.97. The number of ether oxygens (including phenoxy) is 2. The Morgan fingerprint density at radius 2 is 1.68 bits per heavy atom. The standard InChI is InChI=1S/C16H17BrO2/c1-3-12-4-6-14(7-5-12)19-11-13-10-15(18-2)8-9-16(13)17/h4-10H,3,11H2,1-2H3. The lowest BCUT2D eigenvalue weighted by atomic mass is 10.2. The van der Waals surface area contributed by atoms with Crippen molar-refractivity contribution >= 4 is 15.9 Å². The van der Waals surface area contributed by atoms with Crippen LogP contribution in [-0.4, -0.2) is 7.11 Å². The van der Waals surface area contributed by atoms with Crippen LogP contribution in [-0.2, 0) is 13.0 Å². The molecule has 0 atom stereocenters. The number of hydrogen-bond donors (Lipinski definition) is 0. The molecule has 0 saturated heterocycles. The predicted octanol–water partition coefficient (Wildman–Crippen LogP) is 4.60. The molecule has 19 heavy (non-hydrogen) atoms. The summed E-state index contributed by atoms with van der Waals surface area (Å²) in [4.78, 5) is 0. The van der Waals surface area contributed by atoms with E-state index in [-0.39, 0.29) is 0 Å². The van der Waals surface area contributed by atoms with Gasteiger partial charge in [-0.05, 0) is 42.3 Å². The Morgan fingerprint density at radius 3 is 2.32 bits per heavy atom. The van der Waals surface area contributed by atoms with Gasteiger partial charge in [0.1, 0.15) is 18.1 Å². The highest BCUT2D eigenvalue weighted by atomic mass is 79.9. The first-order valence-corrected chi connectivity index (χ1v) is 7.06. The molecule has 3 heteroatoms. The molecule has 0 N–H and O–H groups in total. The molecule has 0 aliphatic heterocycles. The van der Waals surface area contributed by atoms with Crippen molar-refractivity contribution in [1.29, 1.82) is 0 Å². The van der Waals surface area contributed by atoms with Crippen molar-refractivity contribution in [3.63, 3.8) is 0 Å². The number of methoxy groups -OCH3 is 1. The molecule has 0 saturated carbocycles. The van der Waals surface area contributed by atoms with Crippen LogP contribution < -0.4 is 9.47 Å². The normalized spacial score (nSPS) is 10.3. The Kier molecular flexibility index (Phi) is 4.86. The van der Waals surface area contributed by atoms with Crippen LogP contribution in [0.2, 0.25) is 0 Å². The van der Waals surface area contributed by atoms with Gasteiger partial charge in [0, 0.05) is 10.0 Å². The van der Waals surface area contributed by atoms with Crippen LogP contribution in [0.15, 0.2) is 46.9 Å². The monoisotopic (exact) mass is 320 g/mol. The first-order valence-electron chi connectivity index (χ1n) is 6.27. The fourth-order valence-electron chi connectivity index (χ4n) is 1.77. The highest BCUT2D eigenvalue weighted by molar-refractivity contribution is 9.10. The van der Waals surface area contributed by atoms with Crippen LogP contribution >= 0.6 is 15.9 Å². The second kappa shape index (κ2) is 6.62. The number of halogens is 1. The zero-order chi connectivity index (χ0) is 13.7. The second-order valence-electron chi connectivity index (χ2n) is 4.24. The fraction of sp³-hybridized carbons (Fsp3) is 0.250. The SMILES string of the molecule is CCc1ccc(OCc2cc(OC)ccc2Br)cc1. The maximum Gasteiger partial charge on any atom is 0.119 e. The van der Waals surface area contributed by atoms with Gasteiger partial charge >= 0.3 is 0 Å². The zero-order valence-electron chi connectivity index (χ0n) is 11.2. The van der Waals surface area contributed by atoms with Crippen LogP contribution in [0.3, 0.4) is 0 Å². The number of hydrogen-bond acceptors (Lipinski definition) is 2. The summed E-state index contributed by atoms with van der Waals surface area (Å²) in [5.41, 5.74) is 2.38. The van der Waals surface area contributed by atoms with Crippen molar-refractivity contribution in [2.45, 2.75) is 20.0 Å². The molecule has 2 aromatic rings. The minimum atomic E-state index is 0.517. The molecule has 2 nitrogen and oxygen atoms in total. The molecule has 0 fully saturated rings. The average molecular weight is 321 g/mol. The van der Waals surface area contributed by atoms with Crippen molar-refractivity contribution in [2.24, 2.45) is 0 Å². The molecule has 100 valence electrons. The van der Waals surface area contributed by atoms with Gasteiger partial charge in [0.15, 0.2) is 0 Å². The van der Waals surface area contributed by atoms with Gasteiger partial charge in [-0.3, -0.25) is 0 Å². The first-order chi connectivity index (χ1) is 9.22. The van der Waals surface area contributed by atoms with Gasteiger partial charge in [0.2, 0.25) is 0 Å². The molecule has 0 aliphatic rings. The van der Waals surface area contributed by atoms with Gasteiger partial charge in [-0.2, -0.15) is 0 Å². The molecule has 0 aliphatic carbocycles. The van der Waals surface area contributed by atoms with Crippen molar-refractivity contribution in [3.8, 4) is 11.5 Å². The van der Waals surface area contributed by atoms with Crippen molar-refractivity contribution in [3.05, 3.63) is 58.1 Å².